The number of allylic oxidation sites excluding steroid dienone is 1. The average molecular weight is 400 g/mol. The van der Waals surface area contributed by atoms with Gasteiger partial charge in [-0.3, -0.25) is 0 Å². The molecule has 0 aliphatic carbocycles. The van der Waals surface area contributed by atoms with E-state index in [2.05, 4.69) is 31.1 Å². The molecule has 28 heavy (non-hydrogen) atoms. The molecule has 2 aromatic rings. The Morgan fingerprint density at radius 3 is 2.39 bits per heavy atom. The van der Waals surface area contributed by atoms with Crippen LogP contribution in [0.15, 0.2) is 58.6 Å². The molecule has 0 aromatic heterocycles. The third kappa shape index (κ3) is 7.31. The van der Waals surface area contributed by atoms with E-state index in [4.69, 9.17) is 14.3 Å². The summed E-state index contributed by atoms with van der Waals surface area (Å²) in [5.41, 5.74) is 3.24. The molecule has 150 valence electrons. The van der Waals surface area contributed by atoms with E-state index in [-0.39, 0.29) is 0 Å². The Labute approximate surface area is 172 Å². The van der Waals surface area contributed by atoms with Crippen molar-refractivity contribution >= 4 is 18.0 Å². The van der Waals surface area contributed by atoms with Crippen LogP contribution in [0.25, 0.3) is 0 Å². The summed E-state index contributed by atoms with van der Waals surface area (Å²) in [5.74, 6) is 2.86. The maximum absolute atomic E-state index is 6.04. The second-order valence-electron chi connectivity index (χ2n) is 6.30. The third-order valence-corrected chi connectivity index (χ3v) is 5.11. The van der Waals surface area contributed by atoms with E-state index in [1.807, 2.05) is 55.1 Å². The van der Waals surface area contributed by atoms with Crippen molar-refractivity contribution in [2.75, 3.05) is 26.1 Å². The molecular weight excluding hydrogens is 370 g/mol. The number of aryl methyl sites for hydroxylation is 2. The van der Waals surface area contributed by atoms with Crippen molar-refractivity contribution in [3.05, 3.63) is 65.2 Å². The number of hydrogen-bond donors (Lipinski definition) is 0. The van der Waals surface area contributed by atoms with Crippen molar-refractivity contribution in [2.24, 2.45) is 5.16 Å². The van der Waals surface area contributed by atoms with E-state index in [9.17, 15) is 0 Å². The Morgan fingerprint density at radius 2 is 1.75 bits per heavy atom. The lowest BCUT2D eigenvalue weighted by atomic mass is 10.1. The standard InChI is InChI=1S/C23H29NO3S/c1-5-6-12-26-21-15-18(2)23(19(3)16-21)27-13-7-14-28-22-10-8-20(9-11-22)17-24-25-4/h5-6,8-11,15-17H,7,12-14H2,1-4H3/b6-5+,24-17+. The second kappa shape index (κ2) is 12.1. The summed E-state index contributed by atoms with van der Waals surface area (Å²) in [7, 11) is 1.54. The molecule has 0 radical (unpaired) electrons. The minimum Gasteiger partial charge on any atom is -0.493 e. The summed E-state index contributed by atoms with van der Waals surface area (Å²) in [6.45, 7) is 7.41. The van der Waals surface area contributed by atoms with Crippen LogP contribution < -0.4 is 9.47 Å². The monoisotopic (exact) mass is 399 g/mol. The molecule has 0 amide bonds. The molecule has 4 nitrogen and oxygen atoms in total. The Morgan fingerprint density at radius 1 is 1.04 bits per heavy atom. The first-order valence-electron chi connectivity index (χ1n) is 9.41. The molecule has 5 heteroatoms. The number of oxime groups is 1. The van der Waals surface area contributed by atoms with Gasteiger partial charge in [0, 0.05) is 10.6 Å². The van der Waals surface area contributed by atoms with Gasteiger partial charge in [-0.05, 0) is 68.1 Å². The number of benzene rings is 2. The zero-order valence-electron chi connectivity index (χ0n) is 17.1. The van der Waals surface area contributed by atoms with Crippen LogP contribution >= 0.6 is 11.8 Å². The molecule has 0 fully saturated rings. The van der Waals surface area contributed by atoms with Crippen LogP contribution in [0, 0.1) is 13.8 Å². The van der Waals surface area contributed by atoms with E-state index in [0.29, 0.717) is 13.2 Å². The molecule has 0 atom stereocenters. The van der Waals surface area contributed by atoms with Crippen molar-refractivity contribution in [3.63, 3.8) is 0 Å². The SMILES string of the molecule is C/C=C/COc1cc(C)c(OCCCSc2ccc(/C=N/OC)cc2)c(C)c1. The summed E-state index contributed by atoms with van der Waals surface area (Å²) in [6.07, 6.45) is 6.66. The number of thioether (sulfide) groups is 1. The zero-order valence-corrected chi connectivity index (χ0v) is 17.9. The van der Waals surface area contributed by atoms with Crippen LogP contribution in [-0.2, 0) is 4.84 Å². The Kier molecular flexibility index (Phi) is 9.49. The molecule has 0 bridgehead atoms. The van der Waals surface area contributed by atoms with Gasteiger partial charge in [0.2, 0.25) is 0 Å². The lowest BCUT2D eigenvalue weighted by molar-refractivity contribution is 0.215. The second-order valence-corrected chi connectivity index (χ2v) is 7.47. The van der Waals surface area contributed by atoms with Gasteiger partial charge in [-0.1, -0.05) is 29.4 Å². The first-order chi connectivity index (χ1) is 13.6. The zero-order chi connectivity index (χ0) is 20.2. The lowest BCUT2D eigenvalue weighted by Crippen LogP contribution is -2.03. The van der Waals surface area contributed by atoms with Crippen molar-refractivity contribution in [2.45, 2.75) is 32.1 Å². The summed E-state index contributed by atoms with van der Waals surface area (Å²) >= 11 is 1.83. The summed E-state index contributed by atoms with van der Waals surface area (Å²) in [6, 6.07) is 12.3. The third-order valence-electron chi connectivity index (χ3n) is 4.01. The van der Waals surface area contributed by atoms with E-state index < -0.39 is 0 Å². The van der Waals surface area contributed by atoms with E-state index >= 15 is 0 Å². The van der Waals surface area contributed by atoms with Crippen LogP contribution in [0.1, 0.15) is 30.0 Å². The molecular formula is C23H29NO3S. The Balaban J connectivity index is 1.76. The highest BCUT2D eigenvalue weighted by molar-refractivity contribution is 7.99. The van der Waals surface area contributed by atoms with Gasteiger partial charge in [0.05, 0.1) is 12.8 Å². The highest BCUT2D eigenvalue weighted by Crippen LogP contribution is 2.29. The fourth-order valence-electron chi connectivity index (χ4n) is 2.65. The summed E-state index contributed by atoms with van der Waals surface area (Å²) in [4.78, 5) is 5.93. The van der Waals surface area contributed by atoms with Crippen LogP contribution in [-0.4, -0.2) is 32.3 Å². The predicted molar refractivity (Wildman–Crippen MR) is 118 cm³/mol. The molecule has 2 aromatic carbocycles. The van der Waals surface area contributed by atoms with Crippen molar-refractivity contribution < 1.29 is 14.3 Å². The maximum Gasteiger partial charge on any atom is 0.125 e. The highest BCUT2D eigenvalue weighted by Gasteiger charge is 2.07. The van der Waals surface area contributed by atoms with Gasteiger partial charge in [-0.15, -0.1) is 11.8 Å². The van der Waals surface area contributed by atoms with Crippen LogP contribution in [0.4, 0.5) is 0 Å². The van der Waals surface area contributed by atoms with E-state index in [0.717, 1.165) is 40.4 Å². The van der Waals surface area contributed by atoms with Gasteiger partial charge >= 0.3 is 0 Å². The van der Waals surface area contributed by atoms with Crippen molar-refractivity contribution in [1.82, 2.24) is 0 Å². The topological polar surface area (TPSA) is 40.0 Å². The van der Waals surface area contributed by atoms with Crippen molar-refractivity contribution in [1.29, 1.82) is 0 Å². The predicted octanol–water partition coefficient (Wildman–Crippen LogP) is 5.80. The minimum atomic E-state index is 0.590. The number of hydrogen-bond acceptors (Lipinski definition) is 5. The molecule has 0 spiro atoms. The van der Waals surface area contributed by atoms with Crippen LogP contribution in [0.3, 0.4) is 0 Å². The Hall–Kier alpha value is -2.40. The quantitative estimate of drug-likeness (QED) is 0.157. The highest BCUT2D eigenvalue weighted by atomic mass is 32.2. The normalized spacial score (nSPS) is 11.3. The Bertz CT molecular complexity index is 762. The van der Waals surface area contributed by atoms with Gasteiger partial charge in [-0.25, -0.2) is 0 Å². The molecule has 0 aliphatic rings. The number of rotatable bonds is 11. The molecule has 0 unspecified atom stereocenters. The summed E-state index contributed by atoms with van der Waals surface area (Å²) in [5, 5.41) is 3.77. The maximum atomic E-state index is 6.04. The molecule has 0 aliphatic heterocycles. The first-order valence-corrected chi connectivity index (χ1v) is 10.4. The van der Waals surface area contributed by atoms with Crippen molar-refractivity contribution in [3.8, 4) is 11.5 Å². The molecule has 0 N–H and O–H groups in total. The minimum absolute atomic E-state index is 0.590. The number of ether oxygens (including phenoxy) is 2. The summed E-state index contributed by atoms with van der Waals surface area (Å²) < 4.78 is 11.8. The fourth-order valence-corrected chi connectivity index (χ4v) is 3.48. The van der Waals surface area contributed by atoms with E-state index in [1.54, 1.807) is 13.3 Å². The van der Waals surface area contributed by atoms with Gasteiger partial charge in [-0.2, -0.15) is 0 Å². The molecule has 2 rings (SSSR count). The molecule has 0 saturated heterocycles. The largest absolute Gasteiger partial charge is 0.493 e. The van der Waals surface area contributed by atoms with Crippen LogP contribution in [0.2, 0.25) is 0 Å². The average Bonchev–Trinajstić information content (AvgIpc) is 2.69. The molecule has 0 heterocycles. The fraction of sp³-hybridized carbons (Fsp3) is 0.348. The van der Waals surface area contributed by atoms with Gasteiger partial charge in [0.1, 0.15) is 25.2 Å². The van der Waals surface area contributed by atoms with Gasteiger partial charge < -0.3 is 14.3 Å². The first kappa shape index (κ1) is 21.9. The van der Waals surface area contributed by atoms with Gasteiger partial charge in [0.25, 0.3) is 0 Å². The van der Waals surface area contributed by atoms with E-state index in [1.165, 1.54) is 4.90 Å². The molecule has 0 saturated carbocycles. The number of nitrogens with zero attached hydrogens (tertiary/aromatic N) is 1. The van der Waals surface area contributed by atoms with Gasteiger partial charge in [0.15, 0.2) is 0 Å². The lowest BCUT2D eigenvalue weighted by Gasteiger charge is -2.14. The smallest absolute Gasteiger partial charge is 0.125 e. The van der Waals surface area contributed by atoms with Crippen LogP contribution in [0.5, 0.6) is 11.5 Å².